The predicted molar refractivity (Wildman–Crippen MR) is 72.7 cm³/mol. The standard InChI is InChI=1S/C13H13Cl2NO3/c14-10-4-9(5-11(15)6-10)12(17)16-3-1-2-8(7-16)13(18)19/h4-6,8H,1-3,7H2,(H,18,19). The highest BCUT2D eigenvalue weighted by Crippen LogP contribution is 2.23. The Balaban J connectivity index is 2.16. The molecule has 0 bridgehead atoms. The Hall–Kier alpha value is -1.26. The molecular weight excluding hydrogens is 289 g/mol. The monoisotopic (exact) mass is 301 g/mol. The van der Waals surface area contributed by atoms with Crippen molar-refractivity contribution in [2.24, 2.45) is 5.92 Å². The van der Waals surface area contributed by atoms with Gasteiger partial charge in [-0.05, 0) is 31.0 Å². The SMILES string of the molecule is O=C(O)C1CCCN(C(=O)c2cc(Cl)cc(Cl)c2)C1. The smallest absolute Gasteiger partial charge is 0.308 e. The lowest BCUT2D eigenvalue weighted by atomic mass is 9.97. The molecule has 1 atom stereocenters. The Morgan fingerprint density at radius 3 is 2.42 bits per heavy atom. The van der Waals surface area contributed by atoms with Crippen molar-refractivity contribution in [3.8, 4) is 0 Å². The summed E-state index contributed by atoms with van der Waals surface area (Å²) in [7, 11) is 0. The van der Waals surface area contributed by atoms with E-state index in [-0.39, 0.29) is 12.5 Å². The lowest BCUT2D eigenvalue weighted by Gasteiger charge is -2.30. The molecule has 1 amide bonds. The molecule has 6 heteroatoms. The topological polar surface area (TPSA) is 57.6 Å². The van der Waals surface area contributed by atoms with E-state index < -0.39 is 11.9 Å². The van der Waals surface area contributed by atoms with Crippen LogP contribution in [0.25, 0.3) is 0 Å². The van der Waals surface area contributed by atoms with Crippen LogP contribution >= 0.6 is 23.2 Å². The fourth-order valence-corrected chi connectivity index (χ4v) is 2.75. The van der Waals surface area contributed by atoms with Crippen molar-refractivity contribution in [1.29, 1.82) is 0 Å². The third kappa shape index (κ3) is 3.39. The molecule has 1 aromatic rings. The van der Waals surface area contributed by atoms with Crippen LogP contribution in [0.3, 0.4) is 0 Å². The van der Waals surface area contributed by atoms with E-state index in [1.54, 1.807) is 23.1 Å². The number of piperidine rings is 1. The van der Waals surface area contributed by atoms with Crippen molar-refractivity contribution in [3.63, 3.8) is 0 Å². The number of carbonyl (C=O) groups is 2. The summed E-state index contributed by atoms with van der Waals surface area (Å²) in [6, 6.07) is 4.64. The number of benzene rings is 1. The van der Waals surface area contributed by atoms with E-state index in [1.165, 1.54) is 0 Å². The number of hydrogen-bond donors (Lipinski definition) is 1. The van der Waals surface area contributed by atoms with Gasteiger partial charge in [0, 0.05) is 28.7 Å². The van der Waals surface area contributed by atoms with Crippen LogP contribution in [0.15, 0.2) is 18.2 Å². The minimum atomic E-state index is -0.860. The molecule has 2 rings (SSSR count). The van der Waals surface area contributed by atoms with Gasteiger partial charge < -0.3 is 10.0 Å². The first-order valence-electron chi connectivity index (χ1n) is 5.95. The molecule has 19 heavy (non-hydrogen) atoms. The van der Waals surface area contributed by atoms with Crippen molar-refractivity contribution in [2.75, 3.05) is 13.1 Å². The number of halogens is 2. The number of carboxylic acids is 1. The van der Waals surface area contributed by atoms with Gasteiger partial charge in [-0.2, -0.15) is 0 Å². The molecule has 1 saturated heterocycles. The van der Waals surface area contributed by atoms with Crippen LogP contribution in [-0.2, 0) is 4.79 Å². The minimum Gasteiger partial charge on any atom is -0.481 e. The van der Waals surface area contributed by atoms with Gasteiger partial charge in [0.2, 0.25) is 0 Å². The maximum Gasteiger partial charge on any atom is 0.308 e. The largest absolute Gasteiger partial charge is 0.481 e. The summed E-state index contributed by atoms with van der Waals surface area (Å²) in [4.78, 5) is 24.8. The van der Waals surface area contributed by atoms with Gasteiger partial charge in [-0.25, -0.2) is 0 Å². The first kappa shape index (κ1) is 14.2. The Labute approximate surface area is 120 Å². The van der Waals surface area contributed by atoms with Gasteiger partial charge in [0.25, 0.3) is 5.91 Å². The normalized spacial score (nSPS) is 19.3. The molecule has 1 heterocycles. The van der Waals surface area contributed by atoms with Gasteiger partial charge in [0.15, 0.2) is 0 Å². The molecule has 0 aliphatic carbocycles. The predicted octanol–water partition coefficient (Wildman–Crippen LogP) is 2.93. The first-order valence-corrected chi connectivity index (χ1v) is 6.71. The average molecular weight is 302 g/mol. The van der Waals surface area contributed by atoms with Gasteiger partial charge >= 0.3 is 5.97 Å². The van der Waals surface area contributed by atoms with Crippen LogP contribution in [0.1, 0.15) is 23.2 Å². The molecule has 1 aromatic carbocycles. The Bertz CT molecular complexity index is 498. The zero-order valence-corrected chi connectivity index (χ0v) is 11.6. The van der Waals surface area contributed by atoms with E-state index in [9.17, 15) is 9.59 Å². The van der Waals surface area contributed by atoms with Gasteiger partial charge in [-0.15, -0.1) is 0 Å². The van der Waals surface area contributed by atoms with Crippen LogP contribution in [0.2, 0.25) is 10.0 Å². The molecule has 0 aromatic heterocycles. The second-order valence-electron chi connectivity index (χ2n) is 4.59. The van der Waals surface area contributed by atoms with Crippen LogP contribution in [0.4, 0.5) is 0 Å². The summed E-state index contributed by atoms with van der Waals surface area (Å²) >= 11 is 11.7. The highest BCUT2D eigenvalue weighted by molar-refractivity contribution is 6.35. The van der Waals surface area contributed by atoms with Gasteiger partial charge in [-0.3, -0.25) is 9.59 Å². The lowest BCUT2D eigenvalue weighted by molar-refractivity contribution is -0.143. The molecule has 1 fully saturated rings. The quantitative estimate of drug-likeness (QED) is 0.914. The summed E-state index contributed by atoms with van der Waals surface area (Å²) in [6.45, 7) is 0.797. The number of amides is 1. The molecule has 102 valence electrons. The number of nitrogens with zero attached hydrogens (tertiary/aromatic N) is 1. The van der Waals surface area contributed by atoms with E-state index in [0.29, 0.717) is 35.0 Å². The number of aliphatic carboxylic acids is 1. The van der Waals surface area contributed by atoms with Gasteiger partial charge in [0.05, 0.1) is 5.92 Å². The van der Waals surface area contributed by atoms with Crippen LogP contribution in [-0.4, -0.2) is 35.0 Å². The minimum absolute atomic E-state index is 0.227. The number of likely N-dealkylation sites (tertiary alicyclic amines) is 1. The van der Waals surface area contributed by atoms with Crippen molar-refractivity contribution in [3.05, 3.63) is 33.8 Å². The molecule has 0 radical (unpaired) electrons. The zero-order valence-electron chi connectivity index (χ0n) is 10.1. The molecule has 0 saturated carbocycles. The second-order valence-corrected chi connectivity index (χ2v) is 5.46. The van der Waals surface area contributed by atoms with Gasteiger partial charge in [0.1, 0.15) is 0 Å². The molecule has 0 spiro atoms. The molecule has 1 aliphatic heterocycles. The maximum absolute atomic E-state index is 12.3. The van der Waals surface area contributed by atoms with E-state index in [4.69, 9.17) is 28.3 Å². The Morgan fingerprint density at radius 2 is 1.84 bits per heavy atom. The highest BCUT2D eigenvalue weighted by Gasteiger charge is 2.28. The summed E-state index contributed by atoms with van der Waals surface area (Å²) in [5, 5.41) is 9.80. The van der Waals surface area contributed by atoms with Crippen LogP contribution in [0, 0.1) is 5.92 Å². The van der Waals surface area contributed by atoms with Crippen LogP contribution < -0.4 is 0 Å². The second kappa shape index (κ2) is 5.80. The van der Waals surface area contributed by atoms with E-state index in [2.05, 4.69) is 0 Å². The average Bonchev–Trinajstić information content (AvgIpc) is 2.37. The molecule has 1 N–H and O–H groups in total. The van der Waals surface area contributed by atoms with Crippen molar-refractivity contribution in [2.45, 2.75) is 12.8 Å². The van der Waals surface area contributed by atoms with Crippen LogP contribution in [0.5, 0.6) is 0 Å². The van der Waals surface area contributed by atoms with Gasteiger partial charge in [-0.1, -0.05) is 23.2 Å². The number of rotatable bonds is 2. The number of carboxylic acid groups (broad SMARTS) is 1. The molecule has 1 unspecified atom stereocenters. The third-order valence-corrected chi connectivity index (χ3v) is 3.60. The van der Waals surface area contributed by atoms with Crippen molar-refractivity contribution >= 4 is 35.1 Å². The highest BCUT2D eigenvalue weighted by atomic mass is 35.5. The zero-order chi connectivity index (χ0) is 14.0. The number of carbonyl (C=O) groups excluding carboxylic acids is 1. The van der Waals surface area contributed by atoms with Crippen molar-refractivity contribution in [1.82, 2.24) is 4.90 Å². The fraction of sp³-hybridized carbons (Fsp3) is 0.385. The Morgan fingerprint density at radius 1 is 1.21 bits per heavy atom. The summed E-state index contributed by atoms with van der Waals surface area (Å²) in [5.74, 6) is -1.58. The first-order chi connectivity index (χ1) is 8.97. The maximum atomic E-state index is 12.3. The molecule has 4 nitrogen and oxygen atoms in total. The Kier molecular flexibility index (Phi) is 4.32. The van der Waals surface area contributed by atoms with E-state index in [0.717, 1.165) is 0 Å². The van der Waals surface area contributed by atoms with Crippen molar-refractivity contribution < 1.29 is 14.7 Å². The fourth-order valence-electron chi connectivity index (χ4n) is 2.22. The molecule has 1 aliphatic rings. The summed E-state index contributed by atoms with van der Waals surface area (Å²) < 4.78 is 0. The molecular formula is C13H13Cl2NO3. The number of hydrogen-bond acceptors (Lipinski definition) is 2. The third-order valence-electron chi connectivity index (χ3n) is 3.17. The van der Waals surface area contributed by atoms with E-state index in [1.807, 2.05) is 0 Å². The summed E-state index contributed by atoms with van der Waals surface area (Å²) in [5.41, 5.74) is 0.392. The van der Waals surface area contributed by atoms with E-state index >= 15 is 0 Å². The summed E-state index contributed by atoms with van der Waals surface area (Å²) in [6.07, 6.45) is 1.30. The lowest BCUT2D eigenvalue weighted by Crippen LogP contribution is -2.42.